The molecule has 0 atom stereocenters. The van der Waals surface area contributed by atoms with Crippen LogP contribution in [0.1, 0.15) is 17.7 Å². The van der Waals surface area contributed by atoms with Gasteiger partial charge in [0.25, 0.3) is 0 Å². The van der Waals surface area contributed by atoms with Gasteiger partial charge in [0.05, 0.1) is 4.34 Å². The van der Waals surface area contributed by atoms with Crippen molar-refractivity contribution in [2.75, 3.05) is 19.6 Å². The van der Waals surface area contributed by atoms with Gasteiger partial charge in [0.2, 0.25) is 0 Å². The van der Waals surface area contributed by atoms with E-state index in [1.807, 2.05) is 6.07 Å². The number of likely N-dealkylation sites (tertiary alicyclic amines) is 1. The van der Waals surface area contributed by atoms with Gasteiger partial charge in [0, 0.05) is 30.6 Å². The topological polar surface area (TPSA) is 58.4 Å². The third kappa shape index (κ3) is 3.86. The minimum absolute atomic E-state index is 0.304. The fourth-order valence-electron chi connectivity index (χ4n) is 2.19. The lowest BCUT2D eigenvalue weighted by atomic mass is 10.1. The van der Waals surface area contributed by atoms with E-state index in [2.05, 4.69) is 11.4 Å². The molecule has 1 aromatic heterocycles. The zero-order valence-electron chi connectivity index (χ0n) is 10.2. The number of nitrogens with two attached hydrogens (primary N) is 1. The number of nitrogens with one attached hydrogen (secondary N) is 1. The van der Waals surface area contributed by atoms with Gasteiger partial charge >= 0.3 is 6.03 Å². The van der Waals surface area contributed by atoms with Gasteiger partial charge < -0.3 is 16.0 Å². The Morgan fingerprint density at radius 1 is 1.50 bits per heavy atom. The molecular weight excluding hydrogens is 270 g/mol. The maximum Gasteiger partial charge on any atom is 0.314 e. The van der Waals surface area contributed by atoms with Crippen molar-refractivity contribution in [1.82, 2.24) is 10.2 Å². The van der Waals surface area contributed by atoms with Gasteiger partial charge in [0.15, 0.2) is 0 Å². The Bertz CT molecular complexity index is 402. The molecule has 6 heteroatoms. The Morgan fingerprint density at radius 3 is 2.78 bits per heavy atom. The molecule has 0 aromatic carbocycles. The number of thiophene rings is 1. The van der Waals surface area contributed by atoms with Crippen LogP contribution < -0.4 is 11.1 Å². The van der Waals surface area contributed by atoms with Gasteiger partial charge in [-0.15, -0.1) is 11.3 Å². The number of carbonyl (C=O) groups excluding carboxylic acids is 1. The van der Waals surface area contributed by atoms with E-state index in [9.17, 15) is 4.79 Å². The molecule has 1 aromatic rings. The second-order valence-electron chi connectivity index (χ2n) is 4.51. The van der Waals surface area contributed by atoms with Gasteiger partial charge in [-0.1, -0.05) is 11.6 Å². The van der Waals surface area contributed by atoms with Crippen LogP contribution in [0.2, 0.25) is 4.34 Å². The first-order valence-electron chi connectivity index (χ1n) is 6.17. The highest BCUT2D eigenvalue weighted by Gasteiger charge is 2.20. The molecule has 0 radical (unpaired) electrons. The Kier molecular flexibility index (Phi) is 4.86. The molecule has 100 valence electrons. The third-order valence-corrected chi connectivity index (χ3v) is 4.53. The summed E-state index contributed by atoms with van der Waals surface area (Å²) in [5.74, 6) is 0. The SMILES string of the molecule is NC(=O)N1CCC(NCCc2ccc(Cl)s2)CC1. The molecule has 1 saturated heterocycles. The van der Waals surface area contributed by atoms with Gasteiger partial charge in [-0.05, 0) is 31.4 Å². The van der Waals surface area contributed by atoms with Crippen LogP contribution in [0, 0.1) is 0 Å². The molecule has 2 amide bonds. The van der Waals surface area contributed by atoms with Crippen molar-refractivity contribution >= 4 is 29.0 Å². The molecule has 1 aliphatic rings. The highest BCUT2D eigenvalue weighted by Crippen LogP contribution is 2.21. The Hall–Kier alpha value is -0.780. The number of urea groups is 1. The summed E-state index contributed by atoms with van der Waals surface area (Å²) in [6.45, 7) is 2.48. The number of hydrogen-bond acceptors (Lipinski definition) is 3. The predicted octanol–water partition coefficient (Wildman–Crippen LogP) is 2.08. The zero-order chi connectivity index (χ0) is 13.0. The van der Waals surface area contributed by atoms with Crippen molar-refractivity contribution in [2.45, 2.75) is 25.3 Å². The normalized spacial score (nSPS) is 17.1. The number of hydrogen-bond donors (Lipinski definition) is 2. The first-order chi connectivity index (χ1) is 8.65. The molecule has 0 unspecified atom stereocenters. The molecule has 1 aliphatic heterocycles. The molecule has 4 nitrogen and oxygen atoms in total. The molecule has 3 N–H and O–H groups in total. The molecule has 0 aliphatic carbocycles. The summed E-state index contributed by atoms with van der Waals surface area (Å²) in [6, 6.07) is 4.20. The molecule has 0 saturated carbocycles. The number of halogens is 1. The Labute approximate surface area is 116 Å². The van der Waals surface area contributed by atoms with E-state index < -0.39 is 0 Å². The summed E-state index contributed by atoms with van der Waals surface area (Å²) < 4.78 is 0.847. The van der Waals surface area contributed by atoms with E-state index in [0.29, 0.717) is 6.04 Å². The fraction of sp³-hybridized carbons (Fsp3) is 0.583. The third-order valence-electron chi connectivity index (χ3n) is 3.24. The molecule has 0 bridgehead atoms. The van der Waals surface area contributed by atoms with E-state index >= 15 is 0 Å². The smallest absolute Gasteiger partial charge is 0.314 e. The van der Waals surface area contributed by atoms with Crippen molar-refractivity contribution in [1.29, 1.82) is 0 Å². The highest BCUT2D eigenvalue weighted by molar-refractivity contribution is 7.16. The number of carbonyl (C=O) groups is 1. The summed E-state index contributed by atoms with van der Waals surface area (Å²) in [4.78, 5) is 14.0. The van der Waals surface area contributed by atoms with Crippen LogP contribution in [0.3, 0.4) is 0 Å². The minimum atomic E-state index is -0.304. The summed E-state index contributed by atoms with van der Waals surface area (Å²) in [7, 11) is 0. The molecule has 0 spiro atoms. The summed E-state index contributed by atoms with van der Waals surface area (Å²) in [5.41, 5.74) is 5.25. The summed E-state index contributed by atoms with van der Waals surface area (Å²) in [6.07, 6.45) is 2.97. The molecule has 1 fully saturated rings. The van der Waals surface area contributed by atoms with E-state index in [0.717, 1.165) is 43.2 Å². The molecule has 2 heterocycles. The molecular formula is C12H18ClN3OS. The summed E-state index contributed by atoms with van der Waals surface area (Å²) in [5, 5.41) is 3.52. The van der Waals surface area contributed by atoms with E-state index in [4.69, 9.17) is 17.3 Å². The molecule has 18 heavy (non-hydrogen) atoms. The standard InChI is InChI=1S/C12H18ClN3OS/c13-11-2-1-10(18-11)3-6-15-9-4-7-16(8-5-9)12(14)17/h1-2,9,15H,3-8H2,(H2,14,17). The van der Waals surface area contributed by atoms with E-state index in [-0.39, 0.29) is 6.03 Å². The van der Waals surface area contributed by atoms with Crippen molar-refractivity contribution < 1.29 is 4.79 Å². The van der Waals surface area contributed by atoms with E-state index in [1.165, 1.54) is 4.88 Å². The zero-order valence-corrected chi connectivity index (χ0v) is 11.8. The van der Waals surface area contributed by atoms with Crippen LogP contribution in [0.15, 0.2) is 12.1 Å². The monoisotopic (exact) mass is 287 g/mol. The molecule has 2 rings (SSSR count). The largest absolute Gasteiger partial charge is 0.351 e. The Balaban J connectivity index is 1.65. The maximum absolute atomic E-state index is 11.0. The maximum atomic E-state index is 11.0. The van der Waals surface area contributed by atoms with Crippen molar-refractivity contribution in [2.24, 2.45) is 5.73 Å². The average molecular weight is 288 g/mol. The number of amides is 2. The van der Waals surface area contributed by atoms with Crippen molar-refractivity contribution in [3.63, 3.8) is 0 Å². The van der Waals surface area contributed by atoms with Crippen LogP contribution in [0.5, 0.6) is 0 Å². The minimum Gasteiger partial charge on any atom is -0.351 e. The van der Waals surface area contributed by atoms with Crippen LogP contribution in [0.4, 0.5) is 4.79 Å². The lowest BCUT2D eigenvalue weighted by Crippen LogP contribution is -2.47. The van der Waals surface area contributed by atoms with Gasteiger partial charge in [-0.2, -0.15) is 0 Å². The van der Waals surface area contributed by atoms with E-state index in [1.54, 1.807) is 16.2 Å². The van der Waals surface area contributed by atoms with Gasteiger partial charge in [0.1, 0.15) is 0 Å². The number of primary amides is 1. The number of piperidine rings is 1. The van der Waals surface area contributed by atoms with Crippen LogP contribution in [0.25, 0.3) is 0 Å². The van der Waals surface area contributed by atoms with Crippen LogP contribution >= 0.6 is 22.9 Å². The fourth-order valence-corrected chi connectivity index (χ4v) is 3.28. The number of rotatable bonds is 4. The second kappa shape index (κ2) is 6.41. The predicted molar refractivity (Wildman–Crippen MR) is 75.2 cm³/mol. The Morgan fingerprint density at radius 2 is 2.22 bits per heavy atom. The van der Waals surface area contributed by atoms with Crippen molar-refractivity contribution in [3.05, 3.63) is 21.3 Å². The van der Waals surface area contributed by atoms with Gasteiger partial charge in [-0.3, -0.25) is 0 Å². The lowest BCUT2D eigenvalue weighted by Gasteiger charge is -2.31. The van der Waals surface area contributed by atoms with Crippen molar-refractivity contribution in [3.8, 4) is 0 Å². The highest BCUT2D eigenvalue weighted by atomic mass is 35.5. The average Bonchev–Trinajstić information content (AvgIpc) is 2.76. The first kappa shape index (κ1) is 13.6. The van der Waals surface area contributed by atoms with Gasteiger partial charge in [-0.25, -0.2) is 4.79 Å². The summed E-state index contributed by atoms with van der Waals surface area (Å²) >= 11 is 7.52. The quantitative estimate of drug-likeness (QED) is 0.891. The first-order valence-corrected chi connectivity index (χ1v) is 7.36. The van der Waals surface area contributed by atoms with Crippen LogP contribution in [-0.4, -0.2) is 36.6 Å². The lowest BCUT2D eigenvalue weighted by molar-refractivity contribution is 0.185. The second-order valence-corrected chi connectivity index (χ2v) is 6.31. The number of nitrogens with zero attached hydrogens (tertiary/aromatic N) is 1. The van der Waals surface area contributed by atoms with Crippen LogP contribution in [-0.2, 0) is 6.42 Å².